The first-order valence-electron chi connectivity index (χ1n) is 10.9. The van der Waals surface area contributed by atoms with Gasteiger partial charge in [-0.05, 0) is 54.7 Å². The third kappa shape index (κ3) is 3.74. The summed E-state index contributed by atoms with van der Waals surface area (Å²) in [5, 5.41) is 9.78. The molecule has 0 radical (unpaired) electrons. The Morgan fingerprint density at radius 2 is 1.69 bits per heavy atom. The van der Waals surface area contributed by atoms with Crippen molar-refractivity contribution in [3.63, 3.8) is 0 Å². The van der Waals surface area contributed by atoms with E-state index < -0.39 is 0 Å². The number of para-hydroxylation sites is 1. The van der Waals surface area contributed by atoms with Gasteiger partial charge in [0, 0.05) is 17.9 Å². The molecule has 3 aromatic carbocycles. The molecule has 0 amide bonds. The smallest absolute Gasteiger partial charge is 0.261 e. The minimum Gasteiger partial charge on any atom is -0.269 e. The van der Waals surface area contributed by atoms with Gasteiger partial charge in [-0.25, -0.2) is 4.98 Å². The van der Waals surface area contributed by atoms with Crippen molar-refractivity contribution in [2.75, 3.05) is 0 Å². The van der Waals surface area contributed by atoms with Crippen LogP contribution in [0, 0.1) is 18.3 Å². The van der Waals surface area contributed by atoms with Gasteiger partial charge >= 0.3 is 0 Å². The van der Waals surface area contributed by atoms with Crippen LogP contribution in [0.4, 0.5) is 0 Å². The first kappa shape index (κ1) is 20.0. The van der Waals surface area contributed by atoms with Crippen molar-refractivity contribution >= 4 is 0 Å². The predicted octanol–water partition coefficient (Wildman–Crippen LogP) is 5.55. The van der Waals surface area contributed by atoms with Crippen molar-refractivity contribution in [1.82, 2.24) is 9.55 Å². The molecule has 0 aliphatic heterocycles. The van der Waals surface area contributed by atoms with E-state index in [1.54, 1.807) is 4.57 Å². The van der Waals surface area contributed by atoms with E-state index in [9.17, 15) is 10.1 Å². The van der Waals surface area contributed by atoms with Crippen LogP contribution in [0.15, 0.2) is 83.7 Å². The second-order valence-corrected chi connectivity index (χ2v) is 8.31. The van der Waals surface area contributed by atoms with Gasteiger partial charge < -0.3 is 0 Å². The molecule has 4 aromatic rings. The Kier molecular flexibility index (Phi) is 5.17. The summed E-state index contributed by atoms with van der Waals surface area (Å²) < 4.78 is 1.70. The molecule has 1 aliphatic carbocycles. The van der Waals surface area contributed by atoms with Gasteiger partial charge in [0.2, 0.25) is 0 Å². The lowest BCUT2D eigenvalue weighted by atomic mass is 9.95. The average molecular weight is 418 g/mol. The summed E-state index contributed by atoms with van der Waals surface area (Å²) in [5.41, 5.74) is 5.94. The maximum atomic E-state index is 13.6. The topological polar surface area (TPSA) is 58.7 Å². The van der Waals surface area contributed by atoms with Crippen LogP contribution in [-0.4, -0.2) is 9.55 Å². The fourth-order valence-corrected chi connectivity index (χ4v) is 4.29. The van der Waals surface area contributed by atoms with Crippen LogP contribution in [0.2, 0.25) is 0 Å². The molecule has 0 saturated heterocycles. The van der Waals surface area contributed by atoms with Crippen molar-refractivity contribution in [3.05, 3.63) is 117 Å². The van der Waals surface area contributed by atoms with Gasteiger partial charge in [0.25, 0.3) is 5.56 Å². The zero-order chi connectivity index (χ0) is 22.1. The van der Waals surface area contributed by atoms with Crippen molar-refractivity contribution in [2.24, 2.45) is 0 Å². The number of hydrogen-bond acceptors (Lipinski definition) is 3. The monoisotopic (exact) mass is 417 g/mol. The summed E-state index contributed by atoms with van der Waals surface area (Å²) >= 11 is 0. The molecule has 0 bridgehead atoms. The standard InChI is InChI=1S/C28H23N3O/c1-19-30-27(22-13-14-22)26(28(32)31(19)24-10-6-3-7-11-24)17-20-12-15-25(23(16-20)18-29)21-8-4-2-5-9-21/h2-12,15-16,22H,13-14,17H2,1H3. The molecule has 4 nitrogen and oxygen atoms in total. The normalized spacial score (nSPS) is 13.0. The molecule has 5 rings (SSSR count). The molecule has 4 heteroatoms. The van der Waals surface area contributed by atoms with E-state index in [4.69, 9.17) is 4.98 Å². The fourth-order valence-electron chi connectivity index (χ4n) is 4.29. The molecule has 1 fully saturated rings. The van der Waals surface area contributed by atoms with E-state index in [2.05, 4.69) is 6.07 Å². The Balaban J connectivity index is 1.60. The molecule has 0 spiro atoms. The molecule has 1 aromatic heterocycles. The average Bonchev–Trinajstić information content (AvgIpc) is 3.67. The zero-order valence-corrected chi connectivity index (χ0v) is 18.0. The minimum atomic E-state index is -0.0174. The zero-order valence-electron chi connectivity index (χ0n) is 18.0. The largest absolute Gasteiger partial charge is 0.269 e. The Bertz CT molecular complexity index is 1380. The van der Waals surface area contributed by atoms with Crippen LogP contribution < -0.4 is 5.56 Å². The fraction of sp³-hybridized carbons (Fsp3) is 0.179. The van der Waals surface area contributed by atoms with E-state index in [-0.39, 0.29) is 5.56 Å². The van der Waals surface area contributed by atoms with Crippen molar-refractivity contribution in [1.29, 1.82) is 5.26 Å². The number of rotatable bonds is 5. The Morgan fingerprint density at radius 1 is 1.00 bits per heavy atom. The summed E-state index contributed by atoms with van der Waals surface area (Å²) in [7, 11) is 0. The number of aryl methyl sites for hydroxylation is 1. The maximum absolute atomic E-state index is 13.6. The quantitative estimate of drug-likeness (QED) is 0.428. The molecule has 0 unspecified atom stereocenters. The Hall–Kier alpha value is -3.97. The highest BCUT2D eigenvalue weighted by molar-refractivity contribution is 5.71. The SMILES string of the molecule is Cc1nc(C2CC2)c(Cc2ccc(-c3ccccc3)c(C#N)c2)c(=O)n1-c1ccccc1. The molecule has 0 N–H and O–H groups in total. The molecule has 1 heterocycles. The lowest BCUT2D eigenvalue weighted by molar-refractivity contribution is 0.799. The van der Waals surface area contributed by atoms with E-state index in [1.165, 1.54) is 0 Å². The second-order valence-electron chi connectivity index (χ2n) is 8.31. The van der Waals surface area contributed by atoms with Gasteiger partial charge in [0.05, 0.1) is 23.0 Å². The molecule has 32 heavy (non-hydrogen) atoms. The number of aromatic nitrogens is 2. The number of nitrogens with zero attached hydrogens (tertiary/aromatic N) is 3. The molecule has 1 saturated carbocycles. The summed E-state index contributed by atoms with van der Waals surface area (Å²) in [4.78, 5) is 18.5. The first-order valence-corrected chi connectivity index (χ1v) is 10.9. The van der Waals surface area contributed by atoms with E-state index in [1.807, 2.05) is 85.8 Å². The molecular formula is C28H23N3O. The van der Waals surface area contributed by atoms with Gasteiger partial charge in [-0.3, -0.25) is 9.36 Å². The lowest BCUT2D eigenvalue weighted by Crippen LogP contribution is -2.28. The first-order chi connectivity index (χ1) is 15.7. The third-order valence-corrected chi connectivity index (χ3v) is 6.02. The van der Waals surface area contributed by atoms with Crippen molar-refractivity contribution in [2.45, 2.75) is 32.1 Å². The Morgan fingerprint density at radius 3 is 2.34 bits per heavy atom. The summed E-state index contributed by atoms with van der Waals surface area (Å²) in [6, 6.07) is 27.8. The van der Waals surface area contributed by atoms with E-state index in [0.29, 0.717) is 23.7 Å². The highest BCUT2D eigenvalue weighted by Crippen LogP contribution is 2.40. The van der Waals surface area contributed by atoms with E-state index >= 15 is 0 Å². The van der Waals surface area contributed by atoms with E-state index in [0.717, 1.165) is 46.5 Å². The van der Waals surface area contributed by atoms with Crippen LogP contribution in [0.1, 0.15) is 47.0 Å². The van der Waals surface area contributed by atoms with Crippen LogP contribution in [-0.2, 0) is 6.42 Å². The summed E-state index contributed by atoms with van der Waals surface area (Å²) in [6.45, 7) is 1.90. The maximum Gasteiger partial charge on any atom is 0.261 e. The third-order valence-electron chi connectivity index (χ3n) is 6.02. The molecule has 0 atom stereocenters. The predicted molar refractivity (Wildman–Crippen MR) is 126 cm³/mol. The summed E-state index contributed by atoms with van der Waals surface area (Å²) in [6.07, 6.45) is 2.61. The van der Waals surface area contributed by atoms with Gasteiger partial charge in [-0.2, -0.15) is 5.26 Å². The van der Waals surface area contributed by atoms with Gasteiger partial charge in [0.15, 0.2) is 0 Å². The highest BCUT2D eigenvalue weighted by Gasteiger charge is 2.30. The Labute approximate surface area is 187 Å². The van der Waals surface area contributed by atoms with Crippen molar-refractivity contribution in [3.8, 4) is 22.9 Å². The van der Waals surface area contributed by atoms with Crippen LogP contribution >= 0.6 is 0 Å². The van der Waals surface area contributed by atoms with Crippen molar-refractivity contribution < 1.29 is 0 Å². The van der Waals surface area contributed by atoms with Gasteiger partial charge in [0.1, 0.15) is 5.82 Å². The molecule has 1 aliphatic rings. The number of nitriles is 1. The highest BCUT2D eigenvalue weighted by atomic mass is 16.1. The molecular weight excluding hydrogens is 394 g/mol. The van der Waals surface area contributed by atoms with Crippen LogP contribution in [0.25, 0.3) is 16.8 Å². The van der Waals surface area contributed by atoms with Gasteiger partial charge in [-0.15, -0.1) is 0 Å². The molecule has 156 valence electrons. The number of hydrogen-bond donors (Lipinski definition) is 0. The second kappa shape index (κ2) is 8.28. The minimum absolute atomic E-state index is 0.0174. The number of benzene rings is 3. The van der Waals surface area contributed by atoms with Gasteiger partial charge in [-0.1, -0.05) is 60.7 Å². The van der Waals surface area contributed by atoms with Crippen LogP contribution in [0.5, 0.6) is 0 Å². The van der Waals surface area contributed by atoms with Crippen LogP contribution in [0.3, 0.4) is 0 Å². The summed E-state index contributed by atoms with van der Waals surface area (Å²) in [5.74, 6) is 1.07. The lowest BCUT2D eigenvalue weighted by Gasteiger charge is -2.16.